The number of fused-ring (bicyclic) bond motifs is 1. The van der Waals surface area contributed by atoms with Gasteiger partial charge in [-0.05, 0) is 43.0 Å². The highest BCUT2D eigenvalue weighted by atomic mass is 15.2. The molecule has 0 aromatic carbocycles. The molecule has 0 fully saturated rings. The molecule has 2 heterocycles. The summed E-state index contributed by atoms with van der Waals surface area (Å²) in [5.74, 6) is 6.17. The first-order valence-corrected chi connectivity index (χ1v) is 7.18. The summed E-state index contributed by atoms with van der Waals surface area (Å²) in [7, 11) is 0. The molecule has 0 saturated heterocycles. The van der Waals surface area contributed by atoms with Gasteiger partial charge in [0.25, 0.3) is 0 Å². The van der Waals surface area contributed by atoms with Crippen molar-refractivity contribution in [2.45, 2.75) is 37.6 Å². The molecule has 0 aliphatic heterocycles. The molecule has 3 rings (SSSR count). The van der Waals surface area contributed by atoms with Crippen molar-refractivity contribution >= 4 is 0 Å². The van der Waals surface area contributed by atoms with Gasteiger partial charge in [-0.25, -0.2) is 0 Å². The van der Waals surface area contributed by atoms with E-state index in [9.17, 15) is 0 Å². The molecule has 1 aliphatic carbocycles. The minimum atomic E-state index is 0.179. The van der Waals surface area contributed by atoms with Crippen LogP contribution in [0.4, 0.5) is 0 Å². The zero-order valence-electron chi connectivity index (χ0n) is 11.5. The van der Waals surface area contributed by atoms with Crippen LogP contribution in [0.3, 0.4) is 0 Å². The molecule has 4 heteroatoms. The number of hydrogen-bond acceptors (Lipinski definition) is 4. The molecular weight excluding hydrogens is 248 g/mol. The number of nitrogens with zero attached hydrogens (tertiary/aromatic N) is 2. The largest absolute Gasteiger partial charge is 0.271 e. The maximum absolute atomic E-state index is 5.80. The standard InChI is InChI=1S/C16H20N4/c17-20-15(11-13-7-1-2-9-18-13)14-8-3-5-12-6-4-10-19-16(12)14/h1-2,4,6-7,9-10,14-15,20H,3,5,8,11,17H2. The first-order valence-electron chi connectivity index (χ1n) is 7.18. The fraction of sp³-hybridized carbons (Fsp3) is 0.375. The van der Waals surface area contributed by atoms with Crippen LogP contribution in [-0.2, 0) is 12.8 Å². The fourth-order valence-corrected chi connectivity index (χ4v) is 3.10. The van der Waals surface area contributed by atoms with Crippen molar-refractivity contribution in [3.63, 3.8) is 0 Å². The highest BCUT2D eigenvalue weighted by Gasteiger charge is 2.28. The monoisotopic (exact) mass is 268 g/mol. The van der Waals surface area contributed by atoms with E-state index in [-0.39, 0.29) is 6.04 Å². The predicted molar refractivity (Wildman–Crippen MR) is 79.0 cm³/mol. The van der Waals surface area contributed by atoms with Crippen molar-refractivity contribution < 1.29 is 0 Å². The maximum atomic E-state index is 5.80. The summed E-state index contributed by atoms with van der Waals surface area (Å²) in [4.78, 5) is 9.00. The van der Waals surface area contributed by atoms with E-state index in [2.05, 4.69) is 21.5 Å². The summed E-state index contributed by atoms with van der Waals surface area (Å²) in [6.45, 7) is 0. The van der Waals surface area contributed by atoms with Crippen LogP contribution in [0.25, 0.3) is 0 Å². The van der Waals surface area contributed by atoms with E-state index in [0.717, 1.165) is 25.0 Å². The van der Waals surface area contributed by atoms with Crippen LogP contribution >= 0.6 is 0 Å². The molecule has 2 aromatic rings. The van der Waals surface area contributed by atoms with Crippen molar-refractivity contribution in [2.75, 3.05) is 0 Å². The molecule has 104 valence electrons. The molecule has 0 radical (unpaired) electrons. The summed E-state index contributed by atoms with van der Waals surface area (Å²) >= 11 is 0. The lowest BCUT2D eigenvalue weighted by Crippen LogP contribution is -2.43. The summed E-state index contributed by atoms with van der Waals surface area (Å²) in [6, 6.07) is 10.4. The van der Waals surface area contributed by atoms with Gasteiger partial charge in [-0.1, -0.05) is 12.1 Å². The average molecular weight is 268 g/mol. The molecule has 20 heavy (non-hydrogen) atoms. The summed E-state index contributed by atoms with van der Waals surface area (Å²) in [5.41, 5.74) is 6.62. The van der Waals surface area contributed by atoms with Crippen LogP contribution in [0.15, 0.2) is 42.7 Å². The van der Waals surface area contributed by atoms with Crippen molar-refractivity contribution in [3.05, 3.63) is 59.7 Å². The van der Waals surface area contributed by atoms with Gasteiger partial charge >= 0.3 is 0 Å². The number of aromatic nitrogens is 2. The second kappa shape index (κ2) is 6.11. The Morgan fingerprint density at radius 1 is 1.20 bits per heavy atom. The molecule has 1 aliphatic rings. The minimum absolute atomic E-state index is 0.179. The Labute approximate surface area is 119 Å². The molecule has 2 unspecified atom stereocenters. The van der Waals surface area contributed by atoms with E-state index < -0.39 is 0 Å². The van der Waals surface area contributed by atoms with Crippen LogP contribution in [-0.4, -0.2) is 16.0 Å². The van der Waals surface area contributed by atoms with E-state index in [1.807, 2.05) is 36.7 Å². The summed E-state index contributed by atoms with van der Waals surface area (Å²) in [6.07, 6.45) is 8.00. The molecule has 0 spiro atoms. The smallest absolute Gasteiger partial charge is 0.0482 e. The number of nitrogens with two attached hydrogens (primary N) is 1. The van der Waals surface area contributed by atoms with Gasteiger partial charge in [-0.3, -0.25) is 21.2 Å². The van der Waals surface area contributed by atoms with Crippen molar-refractivity contribution in [1.29, 1.82) is 0 Å². The van der Waals surface area contributed by atoms with E-state index in [4.69, 9.17) is 5.84 Å². The highest BCUT2D eigenvalue weighted by molar-refractivity contribution is 5.28. The SMILES string of the molecule is NNC(Cc1ccccn1)C1CCCc2cccnc21. The number of hydrazine groups is 1. The van der Waals surface area contributed by atoms with Gasteiger partial charge in [0.2, 0.25) is 0 Å². The summed E-state index contributed by atoms with van der Waals surface area (Å²) < 4.78 is 0. The number of hydrogen-bond donors (Lipinski definition) is 2. The van der Waals surface area contributed by atoms with Crippen molar-refractivity contribution in [3.8, 4) is 0 Å². The molecule has 2 aromatic heterocycles. The highest BCUT2D eigenvalue weighted by Crippen LogP contribution is 2.33. The third-order valence-corrected chi connectivity index (χ3v) is 4.09. The van der Waals surface area contributed by atoms with Gasteiger partial charge < -0.3 is 0 Å². The minimum Gasteiger partial charge on any atom is -0.271 e. The zero-order chi connectivity index (χ0) is 13.8. The lowest BCUT2D eigenvalue weighted by molar-refractivity contribution is 0.385. The van der Waals surface area contributed by atoms with Gasteiger partial charge in [-0.15, -0.1) is 0 Å². The Kier molecular flexibility index (Phi) is 4.04. The van der Waals surface area contributed by atoms with Gasteiger partial charge in [0.05, 0.1) is 0 Å². The molecule has 0 amide bonds. The van der Waals surface area contributed by atoms with Crippen molar-refractivity contribution in [1.82, 2.24) is 15.4 Å². The molecule has 0 bridgehead atoms. The first-order chi connectivity index (χ1) is 9.88. The normalized spacial score (nSPS) is 19.4. The lowest BCUT2D eigenvalue weighted by atomic mass is 9.80. The molecular formula is C16H20N4. The lowest BCUT2D eigenvalue weighted by Gasteiger charge is -2.30. The molecule has 2 atom stereocenters. The Morgan fingerprint density at radius 3 is 2.90 bits per heavy atom. The van der Waals surface area contributed by atoms with Crippen molar-refractivity contribution in [2.24, 2.45) is 5.84 Å². The summed E-state index contributed by atoms with van der Waals surface area (Å²) in [5, 5.41) is 0. The zero-order valence-corrected chi connectivity index (χ0v) is 11.5. The maximum Gasteiger partial charge on any atom is 0.0482 e. The van der Waals surface area contributed by atoms with Crippen LogP contribution in [0.5, 0.6) is 0 Å². The first kappa shape index (κ1) is 13.2. The number of rotatable bonds is 4. The predicted octanol–water partition coefficient (Wildman–Crippen LogP) is 1.97. The van der Waals surface area contributed by atoms with Gasteiger partial charge in [-0.2, -0.15) is 0 Å². The molecule has 4 nitrogen and oxygen atoms in total. The molecule has 3 N–H and O–H groups in total. The number of pyridine rings is 2. The third-order valence-electron chi connectivity index (χ3n) is 4.09. The Hall–Kier alpha value is -1.78. The van der Waals surface area contributed by atoms with Crippen LogP contribution in [0.2, 0.25) is 0 Å². The van der Waals surface area contributed by atoms with Crippen LogP contribution < -0.4 is 11.3 Å². The number of nitrogens with one attached hydrogen (secondary N) is 1. The quantitative estimate of drug-likeness (QED) is 0.657. The van der Waals surface area contributed by atoms with Crippen LogP contribution in [0.1, 0.15) is 35.7 Å². The average Bonchev–Trinajstić information content (AvgIpc) is 2.53. The van der Waals surface area contributed by atoms with E-state index in [0.29, 0.717) is 5.92 Å². The van der Waals surface area contributed by atoms with Gasteiger partial charge in [0.1, 0.15) is 0 Å². The second-order valence-corrected chi connectivity index (χ2v) is 5.34. The third kappa shape index (κ3) is 2.71. The molecule has 0 saturated carbocycles. The van der Waals surface area contributed by atoms with Crippen LogP contribution in [0, 0.1) is 0 Å². The topological polar surface area (TPSA) is 63.8 Å². The fourth-order valence-electron chi connectivity index (χ4n) is 3.10. The van der Waals surface area contributed by atoms with E-state index >= 15 is 0 Å². The Bertz CT molecular complexity index is 555. The van der Waals surface area contributed by atoms with E-state index in [1.165, 1.54) is 17.7 Å². The Morgan fingerprint density at radius 2 is 2.10 bits per heavy atom. The van der Waals surface area contributed by atoms with Gasteiger partial charge in [0.15, 0.2) is 0 Å². The number of aryl methyl sites for hydroxylation is 1. The van der Waals surface area contributed by atoms with E-state index in [1.54, 1.807) is 0 Å². The Balaban J connectivity index is 1.84. The second-order valence-electron chi connectivity index (χ2n) is 5.34. The van der Waals surface area contributed by atoms with Gasteiger partial charge in [0, 0.05) is 42.2 Å².